The zero-order valence-electron chi connectivity index (χ0n) is 20.9. The number of halogens is 6. The van der Waals surface area contributed by atoms with Gasteiger partial charge < -0.3 is 14.4 Å². The molecule has 0 spiro atoms. The molecule has 0 aromatic heterocycles. The number of nitriles is 1. The van der Waals surface area contributed by atoms with Crippen LogP contribution in [-0.4, -0.2) is 29.8 Å². The molecule has 0 aliphatic carbocycles. The molecule has 0 aliphatic rings. The van der Waals surface area contributed by atoms with Gasteiger partial charge in [-0.05, 0) is 49.4 Å². The second-order valence-corrected chi connectivity index (χ2v) is 9.60. The second-order valence-electron chi connectivity index (χ2n) is 8.35. The normalized spacial score (nSPS) is 12.6. The van der Waals surface area contributed by atoms with Gasteiger partial charge in [-0.3, -0.25) is 19.7 Å². The van der Waals surface area contributed by atoms with Gasteiger partial charge >= 0.3 is 11.9 Å². The largest absolute Gasteiger partial charge is 0.476 e. The molecule has 1 amide bonds. The summed E-state index contributed by atoms with van der Waals surface area (Å²) in [6, 6.07) is 11.3. The molecule has 0 aliphatic heterocycles. The number of nitrogens with zero attached hydrogens (tertiary/aromatic N) is 3. The first kappa shape index (κ1) is 31.5. The lowest BCUT2D eigenvalue weighted by atomic mass is 10.00. The van der Waals surface area contributed by atoms with E-state index in [9.17, 15) is 38.1 Å². The van der Waals surface area contributed by atoms with Gasteiger partial charge in [0.2, 0.25) is 5.75 Å². The molecule has 0 fully saturated rings. The van der Waals surface area contributed by atoms with Crippen LogP contribution in [0.15, 0.2) is 54.6 Å². The van der Waals surface area contributed by atoms with Crippen LogP contribution in [0.25, 0.3) is 0 Å². The van der Waals surface area contributed by atoms with E-state index >= 15 is 0 Å². The van der Waals surface area contributed by atoms with Crippen molar-refractivity contribution in [2.24, 2.45) is 5.92 Å². The molecule has 0 radical (unpaired) electrons. The molecule has 2 atom stereocenters. The Hall–Kier alpha value is -4.05. The van der Waals surface area contributed by atoms with Crippen molar-refractivity contribution in [1.29, 1.82) is 5.26 Å². The number of rotatable bonds is 9. The van der Waals surface area contributed by atoms with Crippen molar-refractivity contribution in [3.05, 3.63) is 85.3 Å². The van der Waals surface area contributed by atoms with Crippen LogP contribution in [0, 0.1) is 27.4 Å². The lowest BCUT2D eigenvalue weighted by Crippen LogP contribution is -2.41. The van der Waals surface area contributed by atoms with Crippen molar-refractivity contribution in [2.45, 2.75) is 19.2 Å². The number of amides is 1. The van der Waals surface area contributed by atoms with Gasteiger partial charge in [-0.2, -0.15) is 18.4 Å². The number of hydrogen-bond donors (Lipinski definition) is 0. The number of carbonyl (C=O) groups excluding carboxylic acids is 2. The number of Topliss-reactive ketones (excluding diaryl/α,β-unsaturated/α-hetero) is 1. The topological polar surface area (TPSA) is 123 Å². The highest BCUT2D eigenvalue weighted by atomic mass is 35.5. The van der Waals surface area contributed by atoms with E-state index in [1.807, 2.05) is 0 Å². The minimum atomic E-state index is -4.64. The van der Waals surface area contributed by atoms with Gasteiger partial charge in [0.25, 0.3) is 5.91 Å². The minimum Gasteiger partial charge on any atom is -0.476 e. The highest BCUT2D eigenvalue weighted by molar-refractivity contribution is 6.37. The van der Waals surface area contributed by atoms with Crippen LogP contribution in [-0.2, 0) is 15.8 Å². The maximum absolute atomic E-state index is 13.1. The van der Waals surface area contributed by atoms with Crippen LogP contribution < -0.4 is 14.4 Å². The van der Waals surface area contributed by atoms with Crippen molar-refractivity contribution in [2.75, 3.05) is 11.9 Å². The van der Waals surface area contributed by atoms with E-state index in [0.29, 0.717) is 11.1 Å². The number of carbonyl (C=O) groups is 2. The minimum absolute atomic E-state index is 0.0855. The molecule has 3 aromatic rings. The number of alkyl halides is 3. The number of ether oxygens (including phenoxy) is 2. The highest BCUT2D eigenvalue weighted by Gasteiger charge is 2.36. The molecule has 0 heterocycles. The van der Waals surface area contributed by atoms with Crippen LogP contribution in [0.4, 0.5) is 24.5 Å². The van der Waals surface area contributed by atoms with Gasteiger partial charge in [0, 0.05) is 24.2 Å². The van der Waals surface area contributed by atoms with E-state index in [4.69, 9.17) is 44.3 Å². The Balaban J connectivity index is 1.84. The number of anilines is 1. The van der Waals surface area contributed by atoms with Crippen LogP contribution in [0.2, 0.25) is 15.1 Å². The first-order valence-electron chi connectivity index (χ1n) is 11.3. The first-order chi connectivity index (χ1) is 19.1. The zero-order chi connectivity index (χ0) is 30.6. The van der Waals surface area contributed by atoms with Gasteiger partial charge in [-0.15, -0.1) is 0 Å². The Morgan fingerprint density at radius 3 is 2.27 bits per heavy atom. The summed E-state index contributed by atoms with van der Waals surface area (Å²) in [4.78, 5) is 37.8. The molecular weight excluding hydrogens is 614 g/mol. The number of hydrogen-bond acceptors (Lipinski definition) is 7. The molecule has 41 heavy (non-hydrogen) atoms. The molecule has 0 N–H and O–H groups in total. The van der Waals surface area contributed by atoms with E-state index in [0.717, 1.165) is 35.2 Å². The van der Waals surface area contributed by atoms with Gasteiger partial charge in [0.1, 0.15) is 11.5 Å². The van der Waals surface area contributed by atoms with Crippen molar-refractivity contribution in [1.82, 2.24) is 0 Å². The number of benzene rings is 3. The summed E-state index contributed by atoms with van der Waals surface area (Å²) in [6.45, 7) is 1.18. The number of nitro benzene ring substituents is 1. The molecular formula is C26H17Cl3F3N3O6. The standard InChI is InChI=1S/C26H17Cl3F3N3O6/c1-13(24(36)17(12-33)25(37)34(2)20-6-4-15(27)10-18(20)28)40-23-11-16(5-7-21(23)35(38)39)41-22-8-3-14(9-19(22)29)26(30,31)32/h3-11,13,17H,1-2H3. The summed E-state index contributed by atoms with van der Waals surface area (Å²) in [5, 5.41) is 21.2. The smallest absolute Gasteiger partial charge is 0.416 e. The molecule has 214 valence electrons. The van der Waals surface area contributed by atoms with Crippen LogP contribution in [0.5, 0.6) is 17.2 Å². The van der Waals surface area contributed by atoms with Gasteiger partial charge in [-0.1, -0.05) is 34.8 Å². The Kier molecular flexibility index (Phi) is 9.70. The van der Waals surface area contributed by atoms with Gasteiger partial charge in [0.05, 0.1) is 32.3 Å². The maximum atomic E-state index is 13.1. The summed E-state index contributed by atoms with van der Waals surface area (Å²) in [5.41, 5.74) is -1.44. The molecule has 15 heteroatoms. The summed E-state index contributed by atoms with van der Waals surface area (Å²) in [7, 11) is 1.29. The summed E-state index contributed by atoms with van der Waals surface area (Å²) >= 11 is 17.9. The maximum Gasteiger partial charge on any atom is 0.416 e. The molecule has 3 aromatic carbocycles. The van der Waals surface area contributed by atoms with E-state index in [2.05, 4.69) is 0 Å². The summed E-state index contributed by atoms with van der Waals surface area (Å²) < 4.78 is 49.7. The van der Waals surface area contributed by atoms with E-state index in [1.54, 1.807) is 6.07 Å². The Morgan fingerprint density at radius 2 is 1.71 bits per heavy atom. The monoisotopic (exact) mass is 629 g/mol. The number of ketones is 1. The average Bonchev–Trinajstić information content (AvgIpc) is 2.89. The van der Waals surface area contributed by atoms with Crippen molar-refractivity contribution >= 4 is 57.9 Å². The molecule has 2 unspecified atom stereocenters. The van der Waals surface area contributed by atoms with Crippen LogP contribution in [0.3, 0.4) is 0 Å². The van der Waals surface area contributed by atoms with E-state index < -0.39 is 51.8 Å². The third kappa shape index (κ3) is 7.38. The average molecular weight is 631 g/mol. The zero-order valence-corrected chi connectivity index (χ0v) is 23.2. The molecule has 3 rings (SSSR count). The molecule has 0 bridgehead atoms. The van der Waals surface area contributed by atoms with E-state index in [-0.39, 0.29) is 27.2 Å². The Bertz CT molecular complexity index is 1560. The summed E-state index contributed by atoms with van der Waals surface area (Å²) in [5.74, 6) is -4.62. The summed E-state index contributed by atoms with van der Waals surface area (Å²) in [6.07, 6.45) is -6.18. The Labute approximate surface area is 245 Å². The quantitative estimate of drug-likeness (QED) is 0.136. The first-order valence-corrected chi connectivity index (χ1v) is 12.4. The van der Waals surface area contributed by atoms with Gasteiger partial charge in [-0.25, -0.2) is 0 Å². The number of nitro groups is 1. The highest BCUT2D eigenvalue weighted by Crippen LogP contribution is 2.39. The molecule has 0 saturated carbocycles. The van der Waals surface area contributed by atoms with Crippen LogP contribution in [0.1, 0.15) is 12.5 Å². The van der Waals surface area contributed by atoms with Crippen LogP contribution >= 0.6 is 34.8 Å². The predicted octanol–water partition coefficient (Wildman–Crippen LogP) is 7.51. The SMILES string of the molecule is CC(Oc1cc(Oc2ccc(C(F)(F)F)cc2Cl)ccc1[N+](=O)[O-])C(=O)C(C#N)C(=O)N(C)c1ccc(Cl)cc1Cl. The fraction of sp³-hybridized carbons (Fsp3) is 0.192. The van der Waals surface area contributed by atoms with Crippen molar-refractivity contribution in [3.63, 3.8) is 0 Å². The predicted molar refractivity (Wildman–Crippen MR) is 144 cm³/mol. The fourth-order valence-corrected chi connectivity index (χ4v) is 4.23. The third-order valence-electron chi connectivity index (χ3n) is 5.58. The Morgan fingerprint density at radius 1 is 1.02 bits per heavy atom. The van der Waals surface area contributed by atoms with Crippen molar-refractivity contribution < 1.29 is 37.2 Å². The van der Waals surface area contributed by atoms with E-state index in [1.165, 1.54) is 32.2 Å². The lowest BCUT2D eigenvalue weighted by Gasteiger charge is -2.22. The molecule has 0 saturated heterocycles. The second kappa shape index (κ2) is 12.6. The van der Waals surface area contributed by atoms with Crippen molar-refractivity contribution in [3.8, 4) is 23.3 Å². The fourth-order valence-electron chi connectivity index (χ4n) is 3.48. The van der Waals surface area contributed by atoms with Gasteiger partial charge in [0.15, 0.2) is 17.8 Å². The third-order valence-corrected chi connectivity index (χ3v) is 6.41. The molecule has 9 nitrogen and oxygen atoms in total. The lowest BCUT2D eigenvalue weighted by molar-refractivity contribution is -0.386.